The molecule has 0 aromatic rings. The van der Waals surface area contributed by atoms with E-state index in [0.29, 0.717) is 0 Å². The summed E-state index contributed by atoms with van der Waals surface area (Å²) in [5.74, 6) is 0. The molecule has 0 amide bonds. The lowest BCUT2D eigenvalue weighted by Crippen LogP contribution is -2.08. The number of allylic oxidation sites excluding steroid dienone is 9. The molecule has 0 saturated carbocycles. The number of rotatable bonds is 4. The van der Waals surface area contributed by atoms with E-state index in [1.165, 1.54) is 0 Å². The Labute approximate surface area is 91.9 Å². The van der Waals surface area contributed by atoms with E-state index < -0.39 is 0 Å². The molecule has 1 aliphatic rings. The lowest BCUT2D eigenvalue weighted by Gasteiger charge is -2.06. The smallest absolute Gasteiger partial charge is 0.0381 e. The lowest BCUT2D eigenvalue weighted by molar-refractivity contribution is 1.05. The monoisotopic (exact) mass is 199 g/mol. The van der Waals surface area contributed by atoms with E-state index in [9.17, 15) is 0 Å². The molecule has 0 aromatic heterocycles. The third-order valence-electron chi connectivity index (χ3n) is 1.96. The van der Waals surface area contributed by atoms with Crippen molar-refractivity contribution in [2.24, 2.45) is 0 Å². The summed E-state index contributed by atoms with van der Waals surface area (Å²) in [6.45, 7) is 5.76. The van der Waals surface area contributed by atoms with Gasteiger partial charge in [0.25, 0.3) is 0 Å². The fourth-order valence-electron chi connectivity index (χ4n) is 1.19. The Morgan fingerprint density at radius 2 is 2.33 bits per heavy atom. The largest absolute Gasteiger partial charge is 0.356 e. The van der Waals surface area contributed by atoms with Crippen molar-refractivity contribution in [3.8, 4) is 0 Å². The molecule has 1 rings (SSSR count). The van der Waals surface area contributed by atoms with Crippen molar-refractivity contribution >= 4 is 0 Å². The zero-order valence-corrected chi connectivity index (χ0v) is 9.11. The van der Waals surface area contributed by atoms with E-state index in [0.717, 1.165) is 17.8 Å². The maximum absolute atomic E-state index is 3.77. The van der Waals surface area contributed by atoms with Crippen molar-refractivity contribution in [2.45, 2.75) is 13.3 Å². The zero-order valence-electron chi connectivity index (χ0n) is 9.11. The Balaban J connectivity index is 2.70. The second kappa shape index (κ2) is 6.66. The maximum atomic E-state index is 3.77. The van der Waals surface area contributed by atoms with Crippen LogP contribution in [0.4, 0.5) is 0 Å². The topological polar surface area (TPSA) is 12.0 Å². The van der Waals surface area contributed by atoms with Crippen LogP contribution in [0.1, 0.15) is 13.3 Å². The van der Waals surface area contributed by atoms with Gasteiger partial charge in [-0.05, 0) is 37.6 Å². The Kier molecular flexibility index (Phi) is 5.02. The van der Waals surface area contributed by atoms with Gasteiger partial charge in [-0.2, -0.15) is 0 Å². The quantitative estimate of drug-likeness (QED) is 0.682. The zero-order chi connectivity index (χ0) is 10.9. The van der Waals surface area contributed by atoms with Gasteiger partial charge in [-0.1, -0.05) is 37.0 Å². The molecular formula is C14H17N. The summed E-state index contributed by atoms with van der Waals surface area (Å²) in [6, 6.07) is 0. The Morgan fingerprint density at radius 1 is 1.47 bits per heavy atom. The van der Waals surface area contributed by atoms with Crippen molar-refractivity contribution in [3.63, 3.8) is 0 Å². The molecule has 0 aromatic carbocycles. The van der Waals surface area contributed by atoms with E-state index in [2.05, 4.69) is 42.3 Å². The van der Waals surface area contributed by atoms with E-state index in [-0.39, 0.29) is 0 Å². The van der Waals surface area contributed by atoms with Crippen molar-refractivity contribution in [1.82, 2.24) is 5.32 Å². The molecule has 0 saturated heterocycles. The average Bonchev–Trinajstić information content (AvgIpc) is 2.52. The predicted octanol–water partition coefficient (Wildman–Crippen LogP) is 3.62. The predicted molar refractivity (Wildman–Crippen MR) is 67.2 cm³/mol. The second-order valence-corrected chi connectivity index (χ2v) is 3.17. The van der Waals surface area contributed by atoms with Crippen molar-refractivity contribution in [2.75, 3.05) is 0 Å². The summed E-state index contributed by atoms with van der Waals surface area (Å²) >= 11 is 0. The molecule has 0 spiro atoms. The summed E-state index contributed by atoms with van der Waals surface area (Å²) < 4.78 is 0. The van der Waals surface area contributed by atoms with Crippen LogP contribution in [0, 0.1) is 0 Å². The number of hydrogen-bond donors (Lipinski definition) is 1. The minimum Gasteiger partial charge on any atom is -0.356 e. The van der Waals surface area contributed by atoms with Crippen LogP contribution in [0.3, 0.4) is 0 Å². The highest BCUT2D eigenvalue weighted by molar-refractivity contribution is 5.32. The van der Waals surface area contributed by atoms with E-state index in [1.807, 2.05) is 31.2 Å². The highest BCUT2D eigenvalue weighted by Gasteiger charge is 1.93. The molecule has 0 heterocycles. The van der Waals surface area contributed by atoms with Crippen LogP contribution in [-0.2, 0) is 0 Å². The van der Waals surface area contributed by atoms with Gasteiger partial charge in [-0.25, -0.2) is 0 Å². The summed E-state index contributed by atoms with van der Waals surface area (Å²) in [5, 5.41) is 3.30. The van der Waals surface area contributed by atoms with Gasteiger partial charge in [0.15, 0.2) is 0 Å². The van der Waals surface area contributed by atoms with Gasteiger partial charge in [0.05, 0.1) is 0 Å². The Bertz CT molecular complexity index is 352. The van der Waals surface area contributed by atoms with Crippen LogP contribution in [0.15, 0.2) is 72.7 Å². The molecule has 0 bridgehead atoms. The normalized spacial score (nSPS) is 16.3. The summed E-state index contributed by atoms with van der Waals surface area (Å²) in [4.78, 5) is 0. The number of hydrogen-bond acceptors (Lipinski definition) is 1. The maximum Gasteiger partial charge on any atom is 0.0381 e. The van der Waals surface area contributed by atoms with Crippen molar-refractivity contribution < 1.29 is 0 Å². The molecule has 0 atom stereocenters. The Morgan fingerprint density at radius 3 is 3.07 bits per heavy atom. The van der Waals surface area contributed by atoms with E-state index in [1.54, 1.807) is 0 Å². The third kappa shape index (κ3) is 4.32. The van der Waals surface area contributed by atoms with E-state index >= 15 is 0 Å². The molecule has 0 aliphatic heterocycles. The van der Waals surface area contributed by atoms with Crippen LogP contribution in [0.5, 0.6) is 0 Å². The molecule has 1 N–H and O–H groups in total. The highest BCUT2D eigenvalue weighted by Crippen LogP contribution is 2.04. The van der Waals surface area contributed by atoms with Gasteiger partial charge < -0.3 is 5.32 Å². The highest BCUT2D eigenvalue weighted by atomic mass is 14.9. The SMILES string of the molecule is C=C/C(=C\C=C/C)NC1=CC=CCC=C1. The van der Waals surface area contributed by atoms with Gasteiger partial charge in [-0.15, -0.1) is 0 Å². The summed E-state index contributed by atoms with van der Waals surface area (Å²) in [5.41, 5.74) is 2.08. The van der Waals surface area contributed by atoms with Crippen LogP contribution < -0.4 is 5.32 Å². The first kappa shape index (κ1) is 11.3. The molecular weight excluding hydrogens is 182 g/mol. The Hall–Kier alpha value is -1.76. The van der Waals surface area contributed by atoms with E-state index in [4.69, 9.17) is 0 Å². The van der Waals surface area contributed by atoms with Gasteiger partial charge in [-0.3, -0.25) is 0 Å². The summed E-state index contributed by atoms with van der Waals surface area (Å²) in [6.07, 6.45) is 19.2. The molecule has 1 aliphatic carbocycles. The summed E-state index contributed by atoms with van der Waals surface area (Å²) in [7, 11) is 0. The fraction of sp³-hybridized carbons (Fsp3) is 0.143. The van der Waals surface area contributed by atoms with Gasteiger partial charge in [0, 0.05) is 11.4 Å². The van der Waals surface area contributed by atoms with Crippen molar-refractivity contribution in [3.05, 3.63) is 72.7 Å². The molecule has 0 fully saturated rings. The lowest BCUT2D eigenvalue weighted by atomic mass is 10.3. The minimum atomic E-state index is 0.990. The molecule has 1 heteroatoms. The average molecular weight is 199 g/mol. The molecule has 0 unspecified atom stereocenters. The first-order valence-corrected chi connectivity index (χ1v) is 5.12. The molecule has 15 heavy (non-hydrogen) atoms. The van der Waals surface area contributed by atoms with Gasteiger partial charge in [0.2, 0.25) is 0 Å². The fourth-order valence-corrected chi connectivity index (χ4v) is 1.19. The molecule has 78 valence electrons. The standard InChI is InChI=1S/C14H17N/c1-3-5-10-13(4-2)15-14-11-8-6-7-9-12-14/h3-6,8-12,15H,2,7H2,1H3/b5-3-,13-10+. The minimum absolute atomic E-state index is 0.990. The van der Waals surface area contributed by atoms with Crippen molar-refractivity contribution in [1.29, 1.82) is 0 Å². The molecule has 0 radical (unpaired) electrons. The van der Waals surface area contributed by atoms with Crippen LogP contribution >= 0.6 is 0 Å². The molecule has 1 nitrogen and oxygen atoms in total. The van der Waals surface area contributed by atoms with Crippen LogP contribution in [0.25, 0.3) is 0 Å². The number of nitrogens with one attached hydrogen (secondary N) is 1. The third-order valence-corrected chi connectivity index (χ3v) is 1.96. The second-order valence-electron chi connectivity index (χ2n) is 3.17. The van der Waals surface area contributed by atoms with Gasteiger partial charge in [0.1, 0.15) is 0 Å². The first-order chi connectivity index (χ1) is 7.36. The first-order valence-electron chi connectivity index (χ1n) is 5.12. The van der Waals surface area contributed by atoms with Crippen LogP contribution in [-0.4, -0.2) is 0 Å². The van der Waals surface area contributed by atoms with Gasteiger partial charge >= 0.3 is 0 Å². The van der Waals surface area contributed by atoms with Crippen LogP contribution in [0.2, 0.25) is 0 Å².